The molecule has 0 bridgehead atoms. The lowest BCUT2D eigenvalue weighted by molar-refractivity contribution is -0.118. The van der Waals surface area contributed by atoms with E-state index < -0.39 is 11.9 Å². The van der Waals surface area contributed by atoms with Gasteiger partial charge in [-0.25, -0.2) is 19.6 Å². The summed E-state index contributed by atoms with van der Waals surface area (Å²) in [6, 6.07) is 15.7. The van der Waals surface area contributed by atoms with E-state index >= 15 is 0 Å². The fraction of sp³-hybridized carbons (Fsp3) is 0.111. The second-order valence-electron chi connectivity index (χ2n) is 8.70. The number of halogens is 1. The zero-order chi connectivity index (χ0) is 26.6. The Morgan fingerprint density at radius 3 is 2.55 bits per heavy atom. The molecule has 1 unspecified atom stereocenters. The molecule has 0 radical (unpaired) electrons. The Bertz CT molecular complexity index is 1490. The highest BCUT2D eigenvalue weighted by atomic mass is 19.1. The predicted octanol–water partition coefficient (Wildman–Crippen LogP) is 4.78. The number of ether oxygens (including phenoxy) is 1. The Labute approximate surface area is 217 Å². The number of urea groups is 1. The number of carbonyl (C=O) groups excluding carboxylic acids is 2. The third-order valence-electron chi connectivity index (χ3n) is 5.76. The number of nitrogens with one attached hydrogen (secondary N) is 4. The summed E-state index contributed by atoms with van der Waals surface area (Å²) in [4.78, 5) is 34.9. The Balaban J connectivity index is 1.29. The van der Waals surface area contributed by atoms with Crippen LogP contribution in [0.1, 0.15) is 11.6 Å². The summed E-state index contributed by atoms with van der Waals surface area (Å²) < 4.78 is 19.3. The van der Waals surface area contributed by atoms with Crippen molar-refractivity contribution < 1.29 is 18.7 Å². The van der Waals surface area contributed by atoms with Gasteiger partial charge in [0.15, 0.2) is 11.6 Å². The number of hydrogen-bond donors (Lipinski definition) is 4. The molecule has 192 valence electrons. The topological polar surface area (TPSA) is 121 Å². The van der Waals surface area contributed by atoms with Crippen LogP contribution in [0.4, 0.5) is 26.2 Å². The zero-order valence-corrected chi connectivity index (χ0v) is 20.5. The molecule has 10 nitrogen and oxygen atoms in total. The number of fused-ring (bicyclic) bond motifs is 1. The average molecular weight is 514 g/mol. The second kappa shape index (κ2) is 10.5. The van der Waals surface area contributed by atoms with Crippen molar-refractivity contribution in [1.82, 2.24) is 20.3 Å². The van der Waals surface area contributed by atoms with E-state index in [0.717, 1.165) is 22.4 Å². The number of pyridine rings is 2. The number of hydrazine groups is 1. The summed E-state index contributed by atoms with van der Waals surface area (Å²) >= 11 is 0. The average Bonchev–Trinajstić information content (AvgIpc) is 3.35. The maximum Gasteiger partial charge on any atom is 0.321 e. The van der Waals surface area contributed by atoms with Crippen LogP contribution >= 0.6 is 0 Å². The van der Waals surface area contributed by atoms with E-state index in [0.29, 0.717) is 11.4 Å². The van der Waals surface area contributed by atoms with Crippen molar-refractivity contribution in [2.75, 3.05) is 30.2 Å². The molecular formula is C27H24FN7O3. The number of nitrogens with zero attached hydrogens (tertiary/aromatic N) is 3. The van der Waals surface area contributed by atoms with Gasteiger partial charge in [0.2, 0.25) is 11.8 Å². The van der Waals surface area contributed by atoms with E-state index in [1.807, 2.05) is 24.3 Å². The molecule has 0 fully saturated rings. The highest BCUT2D eigenvalue weighted by Crippen LogP contribution is 2.34. The van der Waals surface area contributed by atoms with Crippen molar-refractivity contribution in [3.05, 3.63) is 90.6 Å². The van der Waals surface area contributed by atoms with Crippen LogP contribution in [0.5, 0.6) is 11.6 Å². The Kier molecular flexibility index (Phi) is 6.83. The van der Waals surface area contributed by atoms with Gasteiger partial charge in [-0.3, -0.25) is 9.78 Å². The molecule has 0 spiro atoms. The number of rotatable bonds is 6. The van der Waals surface area contributed by atoms with E-state index in [2.05, 4.69) is 31.5 Å². The number of aromatic nitrogens is 2. The highest BCUT2D eigenvalue weighted by Gasteiger charge is 2.29. The molecule has 3 heterocycles. The third-order valence-corrected chi connectivity index (χ3v) is 5.76. The van der Waals surface area contributed by atoms with E-state index in [1.165, 1.54) is 23.2 Å². The lowest BCUT2D eigenvalue weighted by Gasteiger charge is -2.14. The van der Waals surface area contributed by atoms with Gasteiger partial charge in [-0.05, 0) is 42.0 Å². The summed E-state index contributed by atoms with van der Waals surface area (Å²) in [5.41, 5.74) is 10.2. The number of amides is 3. The Morgan fingerprint density at radius 1 is 0.947 bits per heavy atom. The van der Waals surface area contributed by atoms with Crippen molar-refractivity contribution >= 4 is 29.0 Å². The molecule has 4 N–H and O–H groups in total. The lowest BCUT2D eigenvalue weighted by atomic mass is 9.99. The molecule has 1 aliphatic heterocycles. The van der Waals surface area contributed by atoms with Crippen LogP contribution in [0.25, 0.3) is 11.1 Å². The summed E-state index contributed by atoms with van der Waals surface area (Å²) in [5, 5.41) is 5.61. The predicted molar refractivity (Wildman–Crippen MR) is 141 cm³/mol. The van der Waals surface area contributed by atoms with Crippen molar-refractivity contribution in [1.29, 1.82) is 0 Å². The van der Waals surface area contributed by atoms with Gasteiger partial charge in [0, 0.05) is 37.5 Å². The lowest BCUT2D eigenvalue weighted by Crippen LogP contribution is -2.30. The van der Waals surface area contributed by atoms with Crippen LogP contribution in [0.2, 0.25) is 0 Å². The van der Waals surface area contributed by atoms with Crippen molar-refractivity contribution in [3.8, 4) is 22.8 Å². The molecule has 2 aromatic heterocycles. The molecule has 0 saturated carbocycles. The molecule has 5 rings (SSSR count). The first-order chi connectivity index (χ1) is 18.4. The number of benzene rings is 2. The minimum atomic E-state index is -0.677. The largest absolute Gasteiger partial charge is 0.436 e. The minimum absolute atomic E-state index is 0.0613. The van der Waals surface area contributed by atoms with Crippen molar-refractivity contribution in [2.24, 2.45) is 0 Å². The van der Waals surface area contributed by atoms with Crippen molar-refractivity contribution in [2.45, 2.75) is 6.04 Å². The molecule has 1 atom stereocenters. The summed E-state index contributed by atoms with van der Waals surface area (Å²) in [6.07, 6.45) is 4.69. The molecule has 3 amide bonds. The molecular weight excluding hydrogens is 489 g/mol. The summed E-state index contributed by atoms with van der Waals surface area (Å²) in [5.74, 6) is -0.541. The number of carbonyl (C=O) groups is 2. The van der Waals surface area contributed by atoms with Gasteiger partial charge in [-0.2, -0.15) is 0 Å². The fourth-order valence-corrected chi connectivity index (χ4v) is 3.80. The number of para-hydroxylation sites is 1. The van der Waals surface area contributed by atoms with Gasteiger partial charge in [0.05, 0.1) is 29.5 Å². The van der Waals surface area contributed by atoms with Crippen molar-refractivity contribution in [3.63, 3.8) is 0 Å². The molecule has 4 aromatic rings. The third kappa shape index (κ3) is 5.37. The Morgan fingerprint density at radius 2 is 1.79 bits per heavy atom. The van der Waals surface area contributed by atoms with Gasteiger partial charge in [0.25, 0.3) is 0 Å². The quantitative estimate of drug-likeness (QED) is 0.293. The van der Waals surface area contributed by atoms with Crippen LogP contribution in [-0.4, -0.2) is 40.9 Å². The molecule has 2 aromatic carbocycles. The molecule has 11 heteroatoms. The molecule has 0 aliphatic carbocycles. The highest BCUT2D eigenvalue weighted by molar-refractivity contribution is 5.98. The smallest absolute Gasteiger partial charge is 0.321 e. The van der Waals surface area contributed by atoms with Gasteiger partial charge in [0.1, 0.15) is 6.04 Å². The van der Waals surface area contributed by atoms with Crippen LogP contribution in [0.3, 0.4) is 0 Å². The zero-order valence-electron chi connectivity index (χ0n) is 20.5. The molecule has 1 aliphatic rings. The monoisotopic (exact) mass is 513 g/mol. The molecule has 0 saturated heterocycles. The minimum Gasteiger partial charge on any atom is -0.436 e. The van der Waals surface area contributed by atoms with Gasteiger partial charge < -0.3 is 25.7 Å². The van der Waals surface area contributed by atoms with Gasteiger partial charge in [-0.15, -0.1) is 0 Å². The van der Waals surface area contributed by atoms with Crippen LogP contribution < -0.4 is 26.2 Å². The van der Waals surface area contributed by atoms with Crippen LogP contribution in [0, 0.1) is 5.82 Å². The first kappa shape index (κ1) is 24.7. The normalized spacial score (nSPS) is 13.7. The van der Waals surface area contributed by atoms with E-state index in [4.69, 9.17) is 4.74 Å². The maximum atomic E-state index is 13.8. The van der Waals surface area contributed by atoms with E-state index in [-0.39, 0.29) is 23.6 Å². The maximum absolute atomic E-state index is 13.8. The van der Waals surface area contributed by atoms with E-state index in [1.54, 1.807) is 50.8 Å². The first-order valence-corrected chi connectivity index (χ1v) is 11.7. The first-order valence-electron chi connectivity index (χ1n) is 11.7. The Hall–Kier alpha value is -5.03. The number of anilines is 3. The number of hydrogen-bond acceptors (Lipinski definition) is 7. The fourth-order valence-electron chi connectivity index (χ4n) is 3.80. The van der Waals surface area contributed by atoms with Gasteiger partial charge in [-0.1, -0.05) is 18.2 Å². The van der Waals surface area contributed by atoms with Gasteiger partial charge >= 0.3 is 6.03 Å². The van der Waals surface area contributed by atoms with Crippen LogP contribution in [-0.2, 0) is 4.79 Å². The molecule has 38 heavy (non-hydrogen) atoms. The summed E-state index contributed by atoms with van der Waals surface area (Å²) in [7, 11) is 3.31. The summed E-state index contributed by atoms with van der Waals surface area (Å²) in [6.45, 7) is 0. The standard InChI is InChI=1S/C27H24FN7O3/c1-35(2)27(37)32-19-11-17(13-29-14-19)16-7-9-22-20(12-16)25(34-33-22)26(36)31-18-8-10-24(30-15-18)38-23-6-4-3-5-21(23)28/h3-15,25,33-34H,1-2H3,(H,31,36)(H,32,37). The SMILES string of the molecule is CN(C)C(=O)Nc1cncc(-c2ccc3c(c2)C(C(=O)Nc2ccc(Oc4ccccc4F)nc2)NN3)c1. The van der Waals surface area contributed by atoms with E-state index in [9.17, 15) is 14.0 Å². The second-order valence-corrected chi connectivity index (χ2v) is 8.70. The van der Waals surface area contributed by atoms with Crippen LogP contribution in [0.15, 0.2) is 79.3 Å².